The first-order valence-electron chi connectivity index (χ1n) is 0. The van der Waals surface area contributed by atoms with E-state index in [1.807, 2.05) is 0 Å². The van der Waals surface area contributed by atoms with Crippen LogP contribution in [0.4, 0.5) is 0 Å². The molecule has 0 aliphatic carbocycles. The maximum absolute atomic E-state index is 0. The van der Waals surface area contributed by atoms with Crippen molar-refractivity contribution in [2.75, 3.05) is 0 Å². The van der Waals surface area contributed by atoms with Crippen molar-refractivity contribution in [1.29, 1.82) is 0 Å². The fourth-order valence-corrected chi connectivity index (χ4v) is 0. The Morgan fingerprint density at radius 2 is 0.167 bits per heavy atom. The molecule has 126 valence electrons. The van der Waals surface area contributed by atoms with Gasteiger partial charge in [-0.3, -0.25) is 0 Å². The minimum atomic E-state index is 0. The van der Waals surface area contributed by atoms with Crippen LogP contribution in [0.2, 0.25) is 0 Å². The van der Waals surface area contributed by atoms with E-state index in [9.17, 15) is 0 Å². The van der Waals surface area contributed by atoms with E-state index < -0.39 is 0 Å². The van der Waals surface area contributed by atoms with Gasteiger partial charge in [0.05, 0.1) is 0 Å². The van der Waals surface area contributed by atoms with Crippen LogP contribution < -0.4 is 0 Å². The molecule has 0 aromatic rings. The second-order valence-corrected chi connectivity index (χ2v) is 0. The molecule has 0 saturated heterocycles. The van der Waals surface area contributed by atoms with Crippen molar-refractivity contribution >= 4 is 52.1 Å². The van der Waals surface area contributed by atoms with Gasteiger partial charge in [-0.15, -0.1) is 0 Å². The molecule has 24 N–H and O–H groups in total. The van der Waals surface area contributed by atoms with Gasteiger partial charge in [0.2, 0.25) is 0 Å². The first-order valence-corrected chi connectivity index (χ1v) is 0. The van der Waals surface area contributed by atoms with E-state index in [1.165, 1.54) is 0 Å². The maximum Gasteiger partial charge on any atom is 0.187 e. The van der Waals surface area contributed by atoms with Gasteiger partial charge >= 0.3 is 0 Å². The Morgan fingerprint density at radius 1 is 0.167 bits per heavy atom. The summed E-state index contributed by atoms with van der Waals surface area (Å²) >= 11 is 0. The van der Waals surface area contributed by atoms with Crippen LogP contribution in [0.25, 0.3) is 0 Å². The molecule has 0 heterocycles. The van der Waals surface area contributed by atoms with Gasteiger partial charge in [-0.25, -0.2) is 0 Å². The zero-order valence-electron chi connectivity index (χ0n) is 7.50. The third kappa shape index (κ3) is 604. The van der Waals surface area contributed by atoms with E-state index in [0.29, 0.717) is 0 Å². The molecular weight excluding hydrogens is 417 g/mol. The average molecular weight is 450 g/mol. The van der Waals surface area contributed by atoms with Crippen molar-refractivity contribution in [3.8, 4) is 0 Å². The van der Waals surface area contributed by atoms with Crippen LogP contribution in [0.5, 0.6) is 0 Å². The third-order valence-corrected chi connectivity index (χ3v) is 0. The maximum atomic E-state index is 0. The first-order chi connectivity index (χ1) is 0. The normalized spacial score (nSPS) is 0. The van der Waals surface area contributed by atoms with E-state index in [4.69, 9.17) is 0 Å². The molecule has 0 bridgehead atoms. The first kappa shape index (κ1) is 821. The summed E-state index contributed by atoms with van der Waals surface area (Å²) in [6, 6.07) is 0. The summed E-state index contributed by atoms with van der Waals surface area (Å²) in [6.07, 6.45) is 0. The van der Waals surface area contributed by atoms with Crippen LogP contribution in [0.3, 0.4) is 0 Å². The molecule has 0 saturated carbocycles. The minimum absolute atomic E-state index is 0. The largest absolute Gasteiger partial charge is 0.412 e. The predicted octanol–water partition coefficient (Wildman–Crippen LogP) is -13.5. The summed E-state index contributed by atoms with van der Waals surface area (Å²) in [5.74, 6) is 0. The Bertz CT molecular complexity index is 22.5. The standard InChI is InChI=1S/3Al.12H2O.3Ti.9H/h;;;12*1H2;;;;;;;;;;;;. The molecule has 0 aromatic carbocycles. The summed E-state index contributed by atoms with van der Waals surface area (Å²) in [5, 5.41) is 0. The molecule has 0 aliphatic heterocycles. The molecule has 0 fully saturated rings. The summed E-state index contributed by atoms with van der Waals surface area (Å²) in [6.45, 7) is 0. The zero-order valence-corrected chi connectivity index (χ0v) is 12.2. The summed E-state index contributed by atoms with van der Waals surface area (Å²) in [4.78, 5) is 0. The topological polar surface area (TPSA) is 378 Å². The monoisotopic (exact) mass is 450 g/mol. The second-order valence-electron chi connectivity index (χ2n) is 0. The molecule has 18 heavy (non-hydrogen) atoms. The third-order valence-electron chi connectivity index (χ3n) is 0. The minimum Gasteiger partial charge on any atom is -0.412 e. The summed E-state index contributed by atoms with van der Waals surface area (Å²) < 4.78 is 0. The molecule has 0 unspecified atom stereocenters. The van der Waals surface area contributed by atoms with Gasteiger partial charge in [-0.05, 0) is 0 Å². The van der Waals surface area contributed by atoms with Crippen molar-refractivity contribution in [1.82, 2.24) is 0 Å². The molecule has 12 nitrogen and oxygen atoms in total. The van der Waals surface area contributed by atoms with E-state index in [-0.39, 0.29) is 183 Å². The Hall–Kier alpha value is 3.26. The number of rotatable bonds is 0. The van der Waals surface area contributed by atoms with E-state index in [1.54, 1.807) is 0 Å². The molecule has 0 radical (unpaired) electrons. The molecule has 0 atom stereocenters. The van der Waals surface area contributed by atoms with Crippen LogP contribution in [0.1, 0.15) is 0 Å². The van der Waals surface area contributed by atoms with Gasteiger partial charge in [-0.1, -0.05) is 0 Å². The van der Waals surface area contributed by atoms with Crippen LogP contribution in [-0.4, -0.2) is 118 Å². The Balaban J connectivity index is 0. The fraction of sp³-hybridized carbons (Fsp3) is 0. The smallest absolute Gasteiger partial charge is 0.187 e. The zero-order chi connectivity index (χ0) is 0. The van der Waals surface area contributed by atoms with Gasteiger partial charge < -0.3 is 65.7 Å². The van der Waals surface area contributed by atoms with Crippen molar-refractivity contribution < 1.29 is 131 Å². The van der Waals surface area contributed by atoms with Gasteiger partial charge in [0.1, 0.15) is 0 Å². The quantitative estimate of drug-likeness (QED) is 0.310. The SMILES string of the molecule is O.O.O.O.O.O.O.O.O.O.O.O.[AlH3].[AlH3].[AlH3].[Ti].[Ti].[Ti]. The number of hydrogen-bond donors (Lipinski definition) is 0. The predicted molar refractivity (Wildman–Crippen MR) is 73.2 cm³/mol. The molecular formula is H33Al3O12Ti3. The number of hydrogen-bond acceptors (Lipinski definition) is 0. The van der Waals surface area contributed by atoms with Crippen molar-refractivity contribution in [3.63, 3.8) is 0 Å². The molecule has 0 aromatic heterocycles. The molecule has 0 aliphatic rings. The Labute approximate surface area is 181 Å². The van der Waals surface area contributed by atoms with Crippen molar-refractivity contribution in [2.24, 2.45) is 0 Å². The van der Waals surface area contributed by atoms with Crippen molar-refractivity contribution in [2.45, 2.75) is 0 Å². The van der Waals surface area contributed by atoms with Gasteiger partial charge in [0.15, 0.2) is 52.1 Å². The van der Waals surface area contributed by atoms with Gasteiger partial charge in [0, 0.05) is 65.2 Å². The fourth-order valence-electron chi connectivity index (χ4n) is 0. The van der Waals surface area contributed by atoms with Crippen molar-refractivity contribution in [3.05, 3.63) is 0 Å². The van der Waals surface area contributed by atoms with Gasteiger partial charge in [0.25, 0.3) is 0 Å². The van der Waals surface area contributed by atoms with Crippen LogP contribution in [-0.2, 0) is 65.2 Å². The Kier molecular flexibility index (Phi) is 32300. The summed E-state index contributed by atoms with van der Waals surface area (Å²) in [7, 11) is 0. The summed E-state index contributed by atoms with van der Waals surface area (Å²) in [5.41, 5.74) is 0. The van der Waals surface area contributed by atoms with Crippen LogP contribution in [0.15, 0.2) is 0 Å². The van der Waals surface area contributed by atoms with E-state index in [0.717, 1.165) is 0 Å². The van der Waals surface area contributed by atoms with Crippen LogP contribution >= 0.6 is 0 Å². The Morgan fingerprint density at radius 3 is 0.167 bits per heavy atom. The molecule has 0 amide bonds. The molecule has 18 heteroatoms. The molecule has 0 rings (SSSR count). The average Bonchev–Trinajstić information content (AvgIpc) is 0. The van der Waals surface area contributed by atoms with E-state index in [2.05, 4.69) is 0 Å². The van der Waals surface area contributed by atoms with E-state index >= 15 is 0 Å². The van der Waals surface area contributed by atoms with Gasteiger partial charge in [-0.2, -0.15) is 0 Å². The van der Waals surface area contributed by atoms with Crippen LogP contribution in [0, 0.1) is 0 Å². The second kappa shape index (κ2) is 707. The molecule has 0 spiro atoms.